The molecule has 2 aromatic carbocycles. The van der Waals surface area contributed by atoms with Crippen LogP contribution in [0.15, 0.2) is 60.7 Å². The number of rotatable bonds is 6. The molecule has 0 spiro atoms. The largest absolute Gasteiger partial charge is 0.366 e. The summed E-state index contributed by atoms with van der Waals surface area (Å²) in [6, 6.07) is 18.2. The monoisotopic (exact) mass is 396 g/mol. The second kappa shape index (κ2) is 7.40. The molecule has 26 heavy (non-hydrogen) atoms. The second-order valence-electron chi connectivity index (χ2n) is 5.96. The fourth-order valence-corrected chi connectivity index (χ4v) is 7.95. The van der Waals surface area contributed by atoms with Gasteiger partial charge in [0.25, 0.3) is 0 Å². The quantitative estimate of drug-likeness (QED) is 0.615. The highest BCUT2D eigenvalue weighted by atomic mass is 31.2. The summed E-state index contributed by atoms with van der Waals surface area (Å²) in [6.07, 6.45) is 0.144. The minimum Gasteiger partial charge on any atom is -0.311 e. The molecule has 1 fully saturated rings. The Morgan fingerprint density at radius 2 is 1.54 bits per heavy atom. The molecule has 0 N–H and O–H groups in total. The lowest BCUT2D eigenvalue weighted by molar-refractivity contribution is 0.104. The highest BCUT2D eigenvalue weighted by molar-refractivity contribution is 7.59. The molecule has 140 valence electrons. The molecule has 3 unspecified atom stereocenters. The first-order chi connectivity index (χ1) is 12.4. The third-order valence-electron chi connectivity index (χ3n) is 4.72. The fourth-order valence-electron chi connectivity index (χ4n) is 3.38. The van der Waals surface area contributed by atoms with Gasteiger partial charge in [-0.2, -0.15) is 0 Å². The van der Waals surface area contributed by atoms with Crippen LogP contribution in [0.5, 0.6) is 0 Å². The molecule has 1 aliphatic rings. The minimum atomic E-state index is -3.81. The normalized spacial score (nSPS) is 29.0. The molecule has 0 bridgehead atoms. The van der Waals surface area contributed by atoms with Crippen molar-refractivity contribution in [3.8, 4) is 0 Å². The number of hydrogen-bond donors (Lipinski definition) is 0. The maximum Gasteiger partial charge on any atom is 0.366 e. The van der Waals surface area contributed by atoms with E-state index in [4.69, 9.17) is 18.1 Å². The average molecular weight is 396 g/mol. The van der Waals surface area contributed by atoms with Gasteiger partial charge in [-0.25, -0.2) is 0 Å². The van der Waals surface area contributed by atoms with Crippen LogP contribution in [-0.4, -0.2) is 21.3 Å². The molecular formula is C18H22O6P2. The van der Waals surface area contributed by atoms with E-state index in [0.29, 0.717) is 5.56 Å². The first-order valence-corrected chi connectivity index (χ1v) is 11.3. The van der Waals surface area contributed by atoms with E-state index in [0.717, 1.165) is 5.56 Å². The molecule has 8 heteroatoms. The lowest BCUT2D eigenvalue weighted by Crippen LogP contribution is -2.26. The van der Waals surface area contributed by atoms with Crippen LogP contribution in [0.4, 0.5) is 0 Å². The zero-order valence-corrected chi connectivity index (χ0v) is 16.7. The molecule has 2 aromatic rings. The molecule has 6 nitrogen and oxygen atoms in total. The highest BCUT2D eigenvalue weighted by Gasteiger charge is 2.65. The Morgan fingerprint density at radius 3 is 2.04 bits per heavy atom. The topological polar surface area (TPSA) is 71.1 Å². The lowest BCUT2D eigenvalue weighted by atomic mass is 10.0. The van der Waals surface area contributed by atoms with Crippen molar-refractivity contribution in [3.05, 3.63) is 71.8 Å². The van der Waals surface area contributed by atoms with E-state index in [2.05, 4.69) is 0 Å². The Morgan fingerprint density at radius 1 is 1.00 bits per heavy atom. The predicted octanol–water partition coefficient (Wildman–Crippen LogP) is 5.33. The van der Waals surface area contributed by atoms with Gasteiger partial charge in [0.2, 0.25) is 5.34 Å². The van der Waals surface area contributed by atoms with Crippen LogP contribution in [0.2, 0.25) is 0 Å². The molecule has 0 saturated carbocycles. The summed E-state index contributed by atoms with van der Waals surface area (Å²) in [4.78, 5) is 0. The maximum absolute atomic E-state index is 13.5. The lowest BCUT2D eigenvalue weighted by Gasteiger charge is -2.33. The highest BCUT2D eigenvalue weighted by Crippen LogP contribution is 2.82. The van der Waals surface area contributed by atoms with Crippen molar-refractivity contribution in [2.75, 3.05) is 21.3 Å². The van der Waals surface area contributed by atoms with Gasteiger partial charge in [0, 0.05) is 27.8 Å². The molecule has 1 heterocycles. The van der Waals surface area contributed by atoms with Crippen molar-refractivity contribution in [2.45, 2.75) is 17.4 Å². The van der Waals surface area contributed by atoms with Crippen LogP contribution in [0.3, 0.4) is 0 Å². The van der Waals surface area contributed by atoms with E-state index in [9.17, 15) is 9.13 Å². The average Bonchev–Trinajstić information content (AvgIpc) is 3.04. The summed E-state index contributed by atoms with van der Waals surface area (Å²) >= 11 is 0. The van der Waals surface area contributed by atoms with Crippen LogP contribution in [0.1, 0.15) is 23.2 Å². The first-order valence-electron chi connectivity index (χ1n) is 8.13. The van der Waals surface area contributed by atoms with Gasteiger partial charge < -0.3 is 13.6 Å². The van der Waals surface area contributed by atoms with Gasteiger partial charge in [-0.15, -0.1) is 0 Å². The van der Waals surface area contributed by atoms with Crippen molar-refractivity contribution >= 4 is 15.2 Å². The molecule has 0 aliphatic carbocycles. The van der Waals surface area contributed by atoms with Crippen LogP contribution in [0.25, 0.3) is 0 Å². The van der Waals surface area contributed by atoms with E-state index >= 15 is 0 Å². The summed E-state index contributed by atoms with van der Waals surface area (Å²) < 4.78 is 48.9. The molecule has 0 aromatic heterocycles. The zero-order chi connectivity index (χ0) is 18.8. The van der Waals surface area contributed by atoms with Crippen LogP contribution >= 0.6 is 15.2 Å². The SMILES string of the molecule is COP1(=O)OC(c2ccccc2)(P(=O)(OC)OC)CC1c1ccccc1. The first kappa shape index (κ1) is 19.5. The van der Waals surface area contributed by atoms with Gasteiger partial charge in [0.05, 0.1) is 5.66 Å². The van der Waals surface area contributed by atoms with Crippen LogP contribution < -0.4 is 0 Å². The van der Waals surface area contributed by atoms with Gasteiger partial charge in [0.1, 0.15) is 0 Å². The maximum atomic E-state index is 13.5. The second-order valence-corrected chi connectivity index (χ2v) is 10.7. The van der Waals surface area contributed by atoms with Gasteiger partial charge in [-0.3, -0.25) is 13.7 Å². The minimum absolute atomic E-state index is 0.144. The van der Waals surface area contributed by atoms with Gasteiger partial charge in [-0.05, 0) is 11.1 Å². The molecular weight excluding hydrogens is 374 g/mol. The number of benzene rings is 2. The molecule has 3 rings (SSSR count). The van der Waals surface area contributed by atoms with E-state index < -0.39 is 26.2 Å². The van der Waals surface area contributed by atoms with Crippen molar-refractivity contribution in [1.82, 2.24) is 0 Å². The third kappa shape index (κ3) is 3.01. The van der Waals surface area contributed by atoms with Crippen LogP contribution in [0, 0.1) is 0 Å². The van der Waals surface area contributed by atoms with E-state index in [1.54, 1.807) is 24.3 Å². The number of hydrogen-bond acceptors (Lipinski definition) is 6. The zero-order valence-electron chi connectivity index (χ0n) is 14.9. The standard InChI is InChI=1S/C18H22O6P2/c1-21-25(19)17(15-10-6-4-7-11-15)14-18(24-25,26(20,22-2)23-3)16-12-8-5-9-13-16/h4-13,17H,14H2,1-3H3. The van der Waals surface area contributed by atoms with Gasteiger partial charge in [0.15, 0.2) is 0 Å². The Hall–Kier alpha value is -1.26. The van der Waals surface area contributed by atoms with Gasteiger partial charge in [-0.1, -0.05) is 60.7 Å². The summed E-state index contributed by atoms with van der Waals surface area (Å²) in [6.45, 7) is 0. The van der Waals surface area contributed by atoms with Crippen molar-refractivity contribution in [1.29, 1.82) is 0 Å². The van der Waals surface area contributed by atoms with Crippen molar-refractivity contribution < 1.29 is 27.2 Å². The van der Waals surface area contributed by atoms with E-state index in [1.165, 1.54) is 21.3 Å². The third-order valence-corrected chi connectivity index (χ3v) is 9.56. The molecule has 1 aliphatic heterocycles. The Balaban J connectivity index is 2.21. The Labute approximate surface area is 153 Å². The molecule has 1 saturated heterocycles. The Kier molecular flexibility index (Phi) is 5.55. The molecule has 3 atom stereocenters. The van der Waals surface area contributed by atoms with Gasteiger partial charge >= 0.3 is 15.2 Å². The summed E-state index contributed by atoms with van der Waals surface area (Å²) in [5, 5.41) is -1.52. The molecule has 0 amide bonds. The summed E-state index contributed by atoms with van der Waals surface area (Å²) in [5.41, 5.74) is 0.768. The van der Waals surface area contributed by atoms with E-state index in [-0.39, 0.29) is 6.42 Å². The fraction of sp³-hybridized carbons (Fsp3) is 0.333. The van der Waals surface area contributed by atoms with E-state index in [1.807, 2.05) is 36.4 Å². The molecule has 0 radical (unpaired) electrons. The van der Waals surface area contributed by atoms with Crippen molar-refractivity contribution in [2.24, 2.45) is 0 Å². The van der Waals surface area contributed by atoms with Crippen LogP contribution in [-0.2, 0) is 32.6 Å². The Bertz CT molecular complexity index is 833. The predicted molar refractivity (Wildman–Crippen MR) is 99.2 cm³/mol. The summed E-state index contributed by atoms with van der Waals surface area (Å²) in [5.74, 6) is 0. The van der Waals surface area contributed by atoms with Crippen molar-refractivity contribution in [3.63, 3.8) is 0 Å². The smallest absolute Gasteiger partial charge is 0.311 e. The summed E-state index contributed by atoms with van der Waals surface area (Å²) in [7, 11) is -3.50.